The van der Waals surface area contributed by atoms with Crippen molar-refractivity contribution >= 4 is 63.2 Å². The molecule has 19 heavy (non-hydrogen) atoms. The maximum atomic E-state index is 8.53. The van der Waals surface area contributed by atoms with Crippen molar-refractivity contribution in [2.75, 3.05) is 0 Å². The molecule has 0 unspecified atom stereocenters. The van der Waals surface area contributed by atoms with Crippen molar-refractivity contribution in [3.05, 3.63) is 47.0 Å². The molecule has 5 nitrogen and oxygen atoms in total. The summed E-state index contributed by atoms with van der Waals surface area (Å²) in [6, 6.07) is 0. The average molecular weight is 564 g/mol. The van der Waals surface area contributed by atoms with Crippen LogP contribution >= 0.6 is 63.2 Å². The fraction of sp³-hybridized carbons (Fsp3) is 0.111. The molecule has 0 aliphatic heterocycles. The van der Waals surface area contributed by atoms with Crippen molar-refractivity contribution in [1.82, 2.24) is 19.9 Å². The molecule has 0 aliphatic rings. The number of nitrogens with zero attached hydrogens (tertiary/aromatic N) is 4. The Hall–Kier alpha value is 0.744. The SMILES string of the molecule is Clc1cnccn1.OCc1nccnc1Cl.[I][V][I]. The number of hydrogen-bond acceptors (Lipinski definition) is 5. The van der Waals surface area contributed by atoms with Crippen LogP contribution in [-0.2, 0) is 16.1 Å². The quantitative estimate of drug-likeness (QED) is 0.538. The second-order valence-electron chi connectivity index (χ2n) is 2.54. The molecule has 2 rings (SSSR count). The van der Waals surface area contributed by atoms with Gasteiger partial charge in [0.2, 0.25) is 0 Å². The van der Waals surface area contributed by atoms with E-state index in [4.69, 9.17) is 28.3 Å². The van der Waals surface area contributed by atoms with Crippen LogP contribution in [0.3, 0.4) is 0 Å². The van der Waals surface area contributed by atoms with Crippen LogP contribution < -0.4 is 0 Å². The molecule has 0 fully saturated rings. The molecule has 0 amide bonds. The standard InChI is InChI=1S/C5H5ClN2O.C4H3ClN2.2HI.V/c6-5-4(3-9)7-1-2-8-5;5-4-3-6-1-2-7-4;;;/h1-2,9H,3H2;1-3H;2*1H;/q;;;;+2/p-2. The van der Waals surface area contributed by atoms with Crippen molar-refractivity contribution in [3.63, 3.8) is 0 Å². The molecule has 0 spiro atoms. The number of hydrogen-bond donors (Lipinski definition) is 1. The Balaban J connectivity index is 0.000000289. The summed E-state index contributed by atoms with van der Waals surface area (Å²) in [4.78, 5) is 14.8. The zero-order valence-electron chi connectivity index (χ0n) is 9.29. The van der Waals surface area contributed by atoms with E-state index in [1.165, 1.54) is 18.6 Å². The summed E-state index contributed by atoms with van der Waals surface area (Å²) in [6.07, 6.45) is 7.56. The summed E-state index contributed by atoms with van der Waals surface area (Å²) >= 11 is 15.6. The fourth-order valence-electron chi connectivity index (χ4n) is 0.737. The van der Waals surface area contributed by atoms with Gasteiger partial charge in [0.1, 0.15) is 10.8 Å². The molecule has 103 valence electrons. The Bertz CT molecular complexity index is 455. The van der Waals surface area contributed by atoms with Crippen LogP contribution in [0.15, 0.2) is 31.0 Å². The Kier molecular flexibility index (Phi) is 14.3. The minimum atomic E-state index is -0.160. The van der Waals surface area contributed by atoms with Gasteiger partial charge in [-0.2, -0.15) is 0 Å². The number of aliphatic hydroxyl groups excluding tert-OH is 1. The van der Waals surface area contributed by atoms with Gasteiger partial charge in [-0.25, -0.2) is 9.97 Å². The van der Waals surface area contributed by atoms with E-state index in [1.807, 2.05) is 0 Å². The van der Waals surface area contributed by atoms with E-state index in [1.54, 1.807) is 12.4 Å². The van der Waals surface area contributed by atoms with Gasteiger partial charge < -0.3 is 5.11 Å². The van der Waals surface area contributed by atoms with Crippen LogP contribution in [0.5, 0.6) is 0 Å². The van der Waals surface area contributed by atoms with Gasteiger partial charge in [0.05, 0.1) is 12.8 Å². The second-order valence-corrected chi connectivity index (χ2v) is 15.1. The molecule has 10 heteroatoms. The summed E-state index contributed by atoms with van der Waals surface area (Å²) in [5, 5.41) is 9.23. The van der Waals surface area contributed by atoms with E-state index in [9.17, 15) is 0 Å². The number of halogens is 4. The van der Waals surface area contributed by atoms with Crippen molar-refractivity contribution in [2.24, 2.45) is 0 Å². The fourth-order valence-corrected chi connectivity index (χ4v) is 1.01. The van der Waals surface area contributed by atoms with Gasteiger partial charge in [-0.05, 0) is 0 Å². The number of rotatable bonds is 1. The topological polar surface area (TPSA) is 71.8 Å². The Labute approximate surface area is 149 Å². The monoisotopic (exact) mass is 563 g/mol. The summed E-state index contributed by atoms with van der Waals surface area (Å²) in [6.45, 7) is -0.160. The number of aromatic nitrogens is 4. The molecule has 0 aliphatic carbocycles. The maximum absolute atomic E-state index is 8.53. The average Bonchev–Trinajstić information content (AvgIpc) is 2.42. The van der Waals surface area contributed by atoms with E-state index in [-0.39, 0.29) is 11.8 Å². The van der Waals surface area contributed by atoms with Gasteiger partial charge in [0.25, 0.3) is 0 Å². The van der Waals surface area contributed by atoms with E-state index in [0.717, 1.165) is 0 Å². The zero-order chi connectivity index (χ0) is 14.5. The first-order valence-corrected chi connectivity index (χ1v) is 14.3. The third-order valence-electron chi connectivity index (χ3n) is 1.40. The van der Waals surface area contributed by atoms with Crippen LogP contribution in [0.2, 0.25) is 10.3 Å². The molecule has 1 N–H and O–H groups in total. The molecule has 0 saturated carbocycles. The molecule has 2 heterocycles. The van der Waals surface area contributed by atoms with E-state index < -0.39 is 0 Å². The van der Waals surface area contributed by atoms with Crippen LogP contribution in [0, 0.1) is 0 Å². The number of aliphatic hydroxyl groups is 1. The minimum absolute atomic E-state index is 0.160. The molecule has 0 aromatic carbocycles. The van der Waals surface area contributed by atoms with Crippen LogP contribution in [0.4, 0.5) is 0 Å². The third-order valence-corrected chi connectivity index (χ3v) is 1.92. The van der Waals surface area contributed by atoms with Crippen LogP contribution in [0.25, 0.3) is 0 Å². The summed E-state index contributed by atoms with van der Waals surface area (Å²) in [7, 11) is 0.628. The Morgan fingerprint density at radius 1 is 1.05 bits per heavy atom. The van der Waals surface area contributed by atoms with Gasteiger partial charge in [-0.1, -0.05) is 23.2 Å². The second kappa shape index (κ2) is 13.7. The summed E-state index contributed by atoms with van der Waals surface area (Å²) < 4.78 is 0. The van der Waals surface area contributed by atoms with Gasteiger partial charge >= 0.3 is 49.4 Å². The molecule has 2 aromatic rings. The predicted octanol–water partition coefficient (Wildman–Crippen LogP) is 3.52. The molecule has 0 saturated heterocycles. The zero-order valence-corrected chi connectivity index (χ0v) is 16.5. The van der Waals surface area contributed by atoms with E-state index >= 15 is 0 Å². The van der Waals surface area contributed by atoms with Crippen LogP contribution in [0.1, 0.15) is 5.69 Å². The molecule has 0 radical (unpaired) electrons. The van der Waals surface area contributed by atoms with Crippen molar-refractivity contribution in [3.8, 4) is 0 Å². The van der Waals surface area contributed by atoms with E-state index in [0.29, 0.717) is 20.3 Å². The van der Waals surface area contributed by atoms with Gasteiger partial charge in [0.15, 0.2) is 5.15 Å². The normalized spacial score (nSPS) is 8.47. The van der Waals surface area contributed by atoms with Crippen molar-refractivity contribution < 1.29 is 14.6 Å². The molecular weight excluding hydrogens is 556 g/mol. The predicted molar refractivity (Wildman–Crippen MR) is 88.0 cm³/mol. The molecular formula is C9H8Cl2I2N4OV. The Morgan fingerprint density at radius 3 is 1.95 bits per heavy atom. The van der Waals surface area contributed by atoms with Gasteiger partial charge in [-0.15, -0.1) is 0 Å². The van der Waals surface area contributed by atoms with Crippen LogP contribution in [-0.4, -0.2) is 25.0 Å². The first kappa shape index (κ1) is 19.7. The van der Waals surface area contributed by atoms with Gasteiger partial charge in [-0.3, -0.25) is 9.97 Å². The van der Waals surface area contributed by atoms with Crippen molar-refractivity contribution in [2.45, 2.75) is 6.61 Å². The first-order valence-electron chi connectivity index (χ1n) is 4.55. The van der Waals surface area contributed by atoms with Gasteiger partial charge in [0, 0.05) is 24.8 Å². The van der Waals surface area contributed by atoms with E-state index in [2.05, 4.69) is 59.9 Å². The molecule has 2 aromatic heterocycles. The summed E-state index contributed by atoms with van der Waals surface area (Å²) in [5.74, 6) is 0. The summed E-state index contributed by atoms with van der Waals surface area (Å²) in [5.41, 5.74) is 0.416. The molecule has 0 bridgehead atoms. The molecule has 0 atom stereocenters. The third kappa shape index (κ3) is 11.1. The Morgan fingerprint density at radius 2 is 1.63 bits per heavy atom. The first-order chi connectivity index (χ1) is 9.15. The van der Waals surface area contributed by atoms with Crippen molar-refractivity contribution in [1.29, 1.82) is 0 Å².